The molecule has 3 atom stereocenters. The molecule has 0 amide bonds. The third-order valence-corrected chi connectivity index (χ3v) is 8.80. The van der Waals surface area contributed by atoms with Gasteiger partial charge in [-0.1, -0.05) is 19.1 Å². The van der Waals surface area contributed by atoms with E-state index in [1.807, 2.05) is 18.2 Å². The number of aromatic nitrogens is 4. The van der Waals surface area contributed by atoms with E-state index < -0.39 is 0 Å². The molecule has 0 aliphatic carbocycles. The number of nitrogens with one attached hydrogen (secondary N) is 2. The number of nitrogens with zero attached hydrogens (tertiary/aromatic N) is 4. The van der Waals surface area contributed by atoms with Crippen molar-refractivity contribution in [3.8, 4) is 0 Å². The second-order valence-electron chi connectivity index (χ2n) is 9.23. The minimum absolute atomic E-state index is 0.145. The normalized spacial score (nSPS) is 20.8. The van der Waals surface area contributed by atoms with Crippen molar-refractivity contribution in [3.63, 3.8) is 0 Å². The third-order valence-electron chi connectivity index (χ3n) is 6.84. The minimum atomic E-state index is -0.302. The van der Waals surface area contributed by atoms with Gasteiger partial charge in [0, 0.05) is 31.1 Å². The van der Waals surface area contributed by atoms with Gasteiger partial charge in [-0.15, -0.1) is 11.3 Å². The highest BCUT2D eigenvalue weighted by atomic mass is 32.2. The van der Waals surface area contributed by atoms with E-state index in [0.29, 0.717) is 22.4 Å². The Kier molecular flexibility index (Phi) is 5.54. The van der Waals surface area contributed by atoms with Crippen LogP contribution < -0.4 is 16.0 Å². The highest BCUT2D eigenvalue weighted by Gasteiger charge is 2.32. The number of benzene rings is 2. The van der Waals surface area contributed by atoms with E-state index >= 15 is 0 Å². The first-order chi connectivity index (χ1) is 16.9. The Morgan fingerprint density at radius 1 is 1.20 bits per heavy atom. The number of aromatic amines is 1. The molecule has 1 aliphatic heterocycles. The van der Waals surface area contributed by atoms with Crippen molar-refractivity contribution in [2.45, 2.75) is 41.8 Å². The number of hydrogen-bond acceptors (Lipinski definition) is 8. The molecular formula is C25H26FN7S2. The van der Waals surface area contributed by atoms with Crippen molar-refractivity contribution >= 4 is 66.8 Å². The van der Waals surface area contributed by atoms with Gasteiger partial charge < -0.3 is 20.9 Å². The lowest BCUT2D eigenvalue weighted by Gasteiger charge is -2.41. The van der Waals surface area contributed by atoms with E-state index in [2.05, 4.69) is 35.1 Å². The van der Waals surface area contributed by atoms with Crippen LogP contribution in [-0.2, 0) is 0 Å². The summed E-state index contributed by atoms with van der Waals surface area (Å²) >= 11 is 3.08. The van der Waals surface area contributed by atoms with Crippen LogP contribution in [0.1, 0.15) is 20.3 Å². The smallest absolute Gasteiger partial charge is 0.198 e. The molecular weight excluding hydrogens is 481 g/mol. The van der Waals surface area contributed by atoms with Crippen LogP contribution in [-0.4, -0.2) is 45.6 Å². The summed E-state index contributed by atoms with van der Waals surface area (Å²) < 4.78 is 16.6. The maximum Gasteiger partial charge on any atom is 0.198 e. The Bertz CT molecular complexity index is 1530. The molecule has 35 heavy (non-hydrogen) atoms. The lowest BCUT2D eigenvalue weighted by molar-refractivity contribution is 0.336. The maximum absolute atomic E-state index is 14.6. The van der Waals surface area contributed by atoms with Crippen LogP contribution in [0.15, 0.2) is 45.9 Å². The molecule has 0 radical (unpaired) electrons. The average molecular weight is 508 g/mol. The van der Waals surface area contributed by atoms with E-state index in [-0.39, 0.29) is 17.9 Å². The fourth-order valence-corrected chi connectivity index (χ4v) is 6.85. The second kappa shape index (κ2) is 8.61. The van der Waals surface area contributed by atoms with Crippen molar-refractivity contribution in [3.05, 3.63) is 42.2 Å². The molecule has 5 aromatic rings. The fourth-order valence-electron chi connectivity index (χ4n) is 4.92. The number of piperidine rings is 1. The van der Waals surface area contributed by atoms with E-state index in [1.165, 1.54) is 17.8 Å². The van der Waals surface area contributed by atoms with Crippen LogP contribution in [0.25, 0.3) is 32.2 Å². The number of H-pyrrole nitrogens is 1. The Labute approximate surface area is 210 Å². The summed E-state index contributed by atoms with van der Waals surface area (Å²) in [5.74, 6) is 0.818. The highest BCUT2D eigenvalue weighted by molar-refractivity contribution is 8.01. The van der Waals surface area contributed by atoms with Gasteiger partial charge in [-0.3, -0.25) is 0 Å². The van der Waals surface area contributed by atoms with E-state index in [9.17, 15) is 4.39 Å². The van der Waals surface area contributed by atoms with Gasteiger partial charge >= 0.3 is 0 Å². The topological polar surface area (TPSA) is 95.8 Å². The van der Waals surface area contributed by atoms with Gasteiger partial charge in [-0.25, -0.2) is 19.3 Å². The summed E-state index contributed by atoms with van der Waals surface area (Å²) in [6.45, 7) is 5.13. The largest absolute Gasteiger partial charge is 0.386 e. The third kappa shape index (κ3) is 3.89. The van der Waals surface area contributed by atoms with Crippen molar-refractivity contribution in [1.82, 2.24) is 19.9 Å². The molecule has 10 heteroatoms. The standard InChI is InChI=1S/C25H26FN7S2/c1-12-11-33(13(2)8-16(12)27)23-20-15-9-14(26)10-18(28-3)21(15)30-22(20)31-24(32-23)35-25-29-17-6-4-5-7-19(17)34-25/h4-7,9-10,12-13,16,28H,8,11,27H2,1-3H3,(H,30,31,32)/t12-,13-,16-/m1/s1. The number of hydrogen-bond donors (Lipinski definition) is 3. The van der Waals surface area contributed by atoms with Gasteiger partial charge in [-0.2, -0.15) is 0 Å². The average Bonchev–Trinajstić information content (AvgIpc) is 3.41. The first-order valence-electron chi connectivity index (χ1n) is 11.7. The predicted molar refractivity (Wildman–Crippen MR) is 143 cm³/mol. The van der Waals surface area contributed by atoms with Crippen molar-refractivity contribution in [1.29, 1.82) is 0 Å². The zero-order chi connectivity index (χ0) is 24.3. The molecule has 7 nitrogen and oxygen atoms in total. The highest BCUT2D eigenvalue weighted by Crippen LogP contribution is 2.40. The van der Waals surface area contributed by atoms with Gasteiger partial charge in [0.1, 0.15) is 17.3 Å². The number of rotatable bonds is 4. The van der Waals surface area contributed by atoms with E-state index in [4.69, 9.17) is 20.7 Å². The molecule has 0 spiro atoms. The number of para-hydroxylation sites is 1. The molecule has 4 N–H and O–H groups in total. The first-order valence-corrected chi connectivity index (χ1v) is 13.3. The van der Waals surface area contributed by atoms with Crippen LogP contribution in [0.3, 0.4) is 0 Å². The Morgan fingerprint density at radius 2 is 2.03 bits per heavy atom. The summed E-state index contributed by atoms with van der Waals surface area (Å²) in [6, 6.07) is 11.5. The summed E-state index contributed by atoms with van der Waals surface area (Å²) in [6.07, 6.45) is 0.867. The maximum atomic E-state index is 14.6. The number of halogens is 1. The van der Waals surface area contributed by atoms with Gasteiger partial charge in [0.2, 0.25) is 0 Å². The molecule has 0 saturated carbocycles. The fraction of sp³-hybridized carbons (Fsp3) is 0.320. The molecule has 6 rings (SSSR count). The SMILES string of the molecule is CNc1cc(F)cc2c1[nH]c1nc(Sc3nc4ccccc4s3)nc(N3C[C@@H](C)[C@H](N)C[C@H]3C)c12. The van der Waals surface area contributed by atoms with Gasteiger partial charge in [0.25, 0.3) is 0 Å². The Hall–Kier alpha value is -2.95. The molecule has 0 unspecified atom stereocenters. The predicted octanol–water partition coefficient (Wildman–Crippen LogP) is 5.61. The quantitative estimate of drug-likeness (QED) is 0.272. The van der Waals surface area contributed by atoms with Crippen molar-refractivity contribution < 1.29 is 4.39 Å². The summed E-state index contributed by atoms with van der Waals surface area (Å²) in [5.41, 5.74) is 9.54. The molecule has 4 heterocycles. The van der Waals surface area contributed by atoms with Crippen LogP contribution in [0, 0.1) is 11.7 Å². The molecule has 1 saturated heterocycles. The second-order valence-corrected chi connectivity index (χ2v) is 11.5. The van der Waals surface area contributed by atoms with E-state index in [1.54, 1.807) is 24.5 Å². The zero-order valence-electron chi connectivity index (χ0n) is 19.7. The lowest BCUT2D eigenvalue weighted by Crippen LogP contribution is -2.51. The van der Waals surface area contributed by atoms with Crippen molar-refractivity contribution in [2.24, 2.45) is 11.7 Å². The van der Waals surface area contributed by atoms with Crippen molar-refractivity contribution in [2.75, 3.05) is 23.8 Å². The van der Waals surface area contributed by atoms with Gasteiger partial charge in [0.15, 0.2) is 9.50 Å². The van der Waals surface area contributed by atoms with Gasteiger partial charge in [-0.05, 0) is 55.3 Å². The molecule has 180 valence electrons. The number of thiazole rings is 1. The van der Waals surface area contributed by atoms with E-state index in [0.717, 1.165) is 49.6 Å². The first kappa shape index (κ1) is 22.5. The molecule has 2 aromatic carbocycles. The Balaban J connectivity index is 1.55. The molecule has 1 fully saturated rings. The van der Waals surface area contributed by atoms with Gasteiger partial charge in [0.05, 0.1) is 26.8 Å². The number of fused-ring (bicyclic) bond motifs is 4. The summed E-state index contributed by atoms with van der Waals surface area (Å²) in [4.78, 5) is 20.4. The lowest BCUT2D eigenvalue weighted by atomic mass is 9.90. The van der Waals surface area contributed by atoms with Crippen LogP contribution >= 0.6 is 23.1 Å². The summed E-state index contributed by atoms with van der Waals surface area (Å²) in [5, 5.41) is 5.31. The van der Waals surface area contributed by atoms with Crippen LogP contribution in [0.2, 0.25) is 0 Å². The van der Waals surface area contributed by atoms with Crippen LogP contribution in [0.5, 0.6) is 0 Å². The summed E-state index contributed by atoms with van der Waals surface area (Å²) in [7, 11) is 1.79. The monoisotopic (exact) mass is 507 g/mol. The molecule has 3 aromatic heterocycles. The zero-order valence-corrected chi connectivity index (χ0v) is 21.3. The molecule has 0 bridgehead atoms. The molecule has 1 aliphatic rings. The minimum Gasteiger partial charge on any atom is -0.386 e. The Morgan fingerprint density at radius 3 is 2.83 bits per heavy atom. The number of nitrogens with two attached hydrogens (primary N) is 1. The number of anilines is 2. The van der Waals surface area contributed by atoms with Crippen LogP contribution in [0.4, 0.5) is 15.9 Å².